The Kier molecular flexibility index (Phi) is 3.02. The van der Waals surface area contributed by atoms with E-state index in [4.69, 9.17) is 5.73 Å². The van der Waals surface area contributed by atoms with Crippen molar-refractivity contribution >= 4 is 17.7 Å². The Hall–Kier alpha value is -2.55. The highest BCUT2D eigenvalue weighted by molar-refractivity contribution is 7.99. The second kappa shape index (κ2) is 4.98. The van der Waals surface area contributed by atoms with E-state index in [0.717, 1.165) is 0 Å². The Morgan fingerprint density at radius 3 is 2.79 bits per heavy atom. The second-order valence-corrected chi connectivity index (χ2v) is 4.36. The van der Waals surface area contributed by atoms with Crippen LogP contribution in [-0.4, -0.2) is 34.7 Å². The largest absolute Gasteiger partial charge is 0.368 e. The molecule has 9 heteroatoms. The van der Waals surface area contributed by atoms with Crippen LogP contribution in [0.4, 0.5) is 5.95 Å². The molecule has 3 rings (SSSR count). The van der Waals surface area contributed by atoms with Crippen molar-refractivity contribution in [2.24, 2.45) is 0 Å². The third kappa shape index (κ3) is 2.65. The van der Waals surface area contributed by atoms with Gasteiger partial charge in [0.15, 0.2) is 0 Å². The average Bonchev–Trinajstić information content (AvgIpc) is 2.93. The van der Waals surface area contributed by atoms with Gasteiger partial charge in [-0.15, -0.1) is 0 Å². The smallest absolute Gasteiger partial charge is 0.256 e. The van der Waals surface area contributed by atoms with Crippen molar-refractivity contribution in [1.82, 2.24) is 34.7 Å². The first-order valence-corrected chi connectivity index (χ1v) is 6.08. The number of rotatable bonds is 3. The van der Waals surface area contributed by atoms with Gasteiger partial charge in [-0.1, -0.05) is 0 Å². The summed E-state index contributed by atoms with van der Waals surface area (Å²) < 4.78 is 1.51. The molecule has 0 atom stereocenters. The fourth-order valence-corrected chi connectivity index (χ4v) is 2.01. The molecule has 0 saturated heterocycles. The first-order chi connectivity index (χ1) is 9.31. The molecule has 0 aromatic carbocycles. The van der Waals surface area contributed by atoms with Crippen LogP contribution in [0.25, 0.3) is 5.95 Å². The molecule has 2 N–H and O–H groups in total. The van der Waals surface area contributed by atoms with E-state index in [0.29, 0.717) is 16.1 Å². The van der Waals surface area contributed by atoms with Crippen molar-refractivity contribution in [2.75, 3.05) is 5.73 Å². The Labute approximate surface area is 112 Å². The molecule has 94 valence electrons. The van der Waals surface area contributed by atoms with Gasteiger partial charge in [0.05, 0.1) is 6.20 Å². The Morgan fingerprint density at radius 2 is 2.05 bits per heavy atom. The van der Waals surface area contributed by atoms with Crippen LogP contribution in [0.15, 0.2) is 47.2 Å². The summed E-state index contributed by atoms with van der Waals surface area (Å²) >= 11 is 1.26. The molecule has 0 radical (unpaired) electrons. The summed E-state index contributed by atoms with van der Waals surface area (Å²) in [4.78, 5) is 20.4. The number of anilines is 1. The number of aromatic nitrogens is 7. The third-order valence-corrected chi connectivity index (χ3v) is 2.85. The summed E-state index contributed by atoms with van der Waals surface area (Å²) in [5.41, 5.74) is 5.67. The van der Waals surface area contributed by atoms with Crippen molar-refractivity contribution < 1.29 is 0 Å². The third-order valence-electron chi connectivity index (χ3n) is 2.07. The standard InChI is InChI=1S/C10H8N8S/c11-8-15-9(18-5-1-2-14-18)17-10(16-8)19-7-6-12-3-4-13-7/h1-6H,(H2,11,15,16,17). The SMILES string of the molecule is Nc1nc(Sc2cnccn2)nc(-n2cccn2)n1. The maximum Gasteiger partial charge on any atom is 0.256 e. The van der Waals surface area contributed by atoms with Crippen molar-refractivity contribution in [3.8, 4) is 5.95 Å². The normalized spacial score (nSPS) is 10.5. The highest BCUT2D eigenvalue weighted by Gasteiger charge is 2.08. The van der Waals surface area contributed by atoms with Gasteiger partial charge in [0, 0.05) is 24.8 Å². The van der Waals surface area contributed by atoms with Crippen molar-refractivity contribution in [2.45, 2.75) is 10.2 Å². The average molecular weight is 272 g/mol. The molecule has 0 spiro atoms. The highest BCUT2D eigenvalue weighted by atomic mass is 32.2. The fraction of sp³-hybridized carbons (Fsp3) is 0. The minimum absolute atomic E-state index is 0.131. The maximum atomic E-state index is 5.67. The lowest BCUT2D eigenvalue weighted by molar-refractivity contribution is 0.764. The first-order valence-electron chi connectivity index (χ1n) is 5.27. The Balaban J connectivity index is 1.94. The van der Waals surface area contributed by atoms with Crippen LogP contribution in [0.1, 0.15) is 0 Å². The molecular formula is C10H8N8S. The number of nitrogens with two attached hydrogens (primary N) is 1. The van der Waals surface area contributed by atoms with Gasteiger partial charge < -0.3 is 5.73 Å². The van der Waals surface area contributed by atoms with E-state index in [1.165, 1.54) is 16.4 Å². The van der Waals surface area contributed by atoms with Crippen LogP contribution < -0.4 is 5.73 Å². The van der Waals surface area contributed by atoms with Crippen LogP contribution in [0.2, 0.25) is 0 Å². The monoisotopic (exact) mass is 272 g/mol. The molecule has 0 aliphatic rings. The van der Waals surface area contributed by atoms with Crippen LogP contribution >= 0.6 is 11.8 Å². The van der Waals surface area contributed by atoms with E-state index in [9.17, 15) is 0 Å². The second-order valence-electron chi connectivity index (χ2n) is 3.37. The molecule has 19 heavy (non-hydrogen) atoms. The zero-order valence-electron chi connectivity index (χ0n) is 9.58. The molecule has 3 aromatic rings. The van der Waals surface area contributed by atoms with Crippen molar-refractivity contribution in [1.29, 1.82) is 0 Å². The molecule has 0 bridgehead atoms. The van der Waals surface area contributed by atoms with Gasteiger partial charge in [-0.2, -0.15) is 20.1 Å². The molecule has 0 amide bonds. The van der Waals surface area contributed by atoms with Gasteiger partial charge in [-0.3, -0.25) is 4.98 Å². The van der Waals surface area contributed by atoms with Crippen molar-refractivity contribution in [3.05, 3.63) is 37.1 Å². The number of hydrogen-bond donors (Lipinski definition) is 1. The molecule has 0 fully saturated rings. The Morgan fingerprint density at radius 1 is 1.11 bits per heavy atom. The van der Waals surface area contributed by atoms with E-state index < -0.39 is 0 Å². The predicted octanol–water partition coefficient (Wildman–Crippen LogP) is 0.581. The maximum absolute atomic E-state index is 5.67. The molecule has 3 aromatic heterocycles. The van der Waals surface area contributed by atoms with Gasteiger partial charge in [0.25, 0.3) is 5.95 Å². The van der Waals surface area contributed by atoms with Gasteiger partial charge in [-0.05, 0) is 17.8 Å². The lowest BCUT2D eigenvalue weighted by Gasteiger charge is -2.03. The number of nitrogen functional groups attached to an aromatic ring is 1. The topological polar surface area (TPSA) is 108 Å². The van der Waals surface area contributed by atoms with E-state index in [1.54, 1.807) is 37.1 Å². The molecular weight excluding hydrogens is 264 g/mol. The predicted molar refractivity (Wildman–Crippen MR) is 67.5 cm³/mol. The van der Waals surface area contributed by atoms with Crippen LogP contribution in [-0.2, 0) is 0 Å². The Bertz CT molecular complexity index is 669. The van der Waals surface area contributed by atoms with Gasteiger partial charge in [0.2, 0.25) is 11.1 Å². The van der Waals surface area contributed by atoms with Crippen LogP contribution in [0.5, 0.6) is 0 Å². The summed E-state index contributed by atoms with van der Waals surface area (Å²) in [6, 6.07) is 1.77. The quantitative estimate of drug-likeness (QED) is 0.737. The molecule has 3 heterocycles. The number of nitrogens with zero attached hydrogens (tertiary/aromatic N) is 7. The lowest BCUT2D eigenvalue weighted by atomic mass is 10.7. The van der Waals surface area contributed by atoms with Crippen LogP contribution in [0.3, 0.4) is 0 Å². The summed E-state index contributed by atoms with van der Waals surface area (Å²) in [6.07, 6.45) is 8.18. The summed E-state index contributed by atoms with van der Waals surface area (Å²) in [7, 11) is 0. The first kappa shape index (κ1) is 11.5. The lowest BCUT2D eigenvalue weighted by Crippen LogP contribution is -2.07. The molecule has 0 aliphatic carbocycles. The van der Waals surface area contributed by atoms with Crippen LogP contribution in [0, 0.1) is 0 Å². The molecule has 0 aliphatic heterocycles. The van der Waals surface area contributed by atoms with E-state index in [1.807, 2.05) is 0 Å². The zero-order chi connectivity index (χ0) is 13.1. The van der Waals surface area contributed by atoms with E-state index in [-0.39, 0.29) is 5.95 Å². The minimum atomic E-state index is 0.131. The number of hydrogen-bond acceptors (Lipinski definition) is 8. The summed E-state index contributed by atoms with van der Waals surface area (Å²) in [5.74, 6) is 0.496. The fourth-order valence-electron chi connectivity index (χ4n) is 1.33. The summed E-state index contributed by atoms with van der Waals surface area (Å²) in [5, 5.41) is 5.17. The van der Waals surface area contributed by atoms with Gasteiger partial charge >= 0.3 is 0 Å². The highest BCUT2D eigenvalue weighted by Crippen LogP contribution is 2.22. The van der Waals surface area contributed by atoms with E-state index >= 15 is 0 Å². The minimum Gasteiger partial charge on any atom is -0.368 e. The van der Waals surface area contributed by atoms with E-state index in [2.05, 4.69) is 30.0 Å². The summed E-state index contributed by atoms with van der Waals surface area (Å²) in [6.45, 7) is 0. The van der Waals surface area contributed by atoms with Crippen molar-refractivity contribution in [3.63, 3.8) is 0 Å². The molecule has 8 nitrogen and oxygen atoms in total. The van der Waals surface area contributed by atoms with Gasteiger partial charge in [0.1, 0.15) is 5.03 Å². The molecule has 0 saturated carbocycles. The van der Waals surface area contributed by atoms with Gasteiger partial charge in [-0.25, -0.2) is 9.67 Å². The molecule has 0 unspecified atom stereocenters. The zero-order valence-corrected chi connectivity index (χ0v) is 10.4.